The molecule has 0 aliphatic carbocycles. The van der Waals surface area contributed by atoms with Crippen LogP contribution in [-0.4, -0.2) is 42.9 Å². The molecule has 0 fully saturated rings. The molecular formula is C20H20N2O5. The second-order valence-corrected chi connectivity index (χ2v) is 6.31. The van der Waals surface area contributed by atoms with E-state index in [1.54, 1.807) is 68.7 Å². The van der Waals surface area contributed by atoms with Gasteiger partial charge in [-0.15, -0.1) is 0 Å². The number of hydrogen-bond acceptors (Lipinski definition) is 5. The smallest absolute Gasteiger partial charge is 0.311 e. The third kappa shape index (κ3) is 4.25. The van der Waals surface area contributed by atoms with Crippen molar-refractivity contribution in [2.24, 2.45) is 0 Å². The molecule has 7 heteroatoms. The lowest BCUT2D eigenvalue weighted by molar-refractivity contribution is -0.161. The average molecular weight is 368 g/mol. The maximum Gasteiger partial charge on any atom is 0.311 e. The lowest BCUT2D eigenvalue weighted by Gasteiger charge is -2.26. The number of nitrogens with one attached hydrogen (secondary N) is 1. The highest BCUT2D eigenvalue weighted by molar-refractivity contribution is 5.99. The van der Waals surface area contributed by atoms with Crippen LogP contribution in [0.15, 0.2) is 54.6 Å². The Morgan fingerprint density at radius 2 is 1.78 bits per heavy atom. The van der Waals surface area contributed by atoms with Gasteiger partial charge in [-0.05, 0) is 12.1 Å². The third-order valence-corrected chi connectivity index (χ3v) is 4.08. The number of anilines is 1. The van der Waals surface area contributed by atoms with Crippen LogP contribution in [0.1, 0.15) is 18.1 Å². The number of para-hydroxylation sites is 2. The van der Waals surface area contributed by atoms with E-state index in [4.69, 9.17) is 9.47 Å². The van der Waals surface area contributed by atoms with Crippen molar-refractivity contribution < 1.29 is 23.9 Å². The molecule has 3 rings (SSSR count). The average Bonchev–Trinajstić information content (AvgIpc) is 2.66. The molecule has 140 valence electrons. The molecule has 1 aliphatic heterocycles. The summed E-state index contributed by atoms with van der Waals surface area (Å²) in [5.41, 5.74) is 1.11. The Bertz CT molecular complexity index is 850. The summed E-state index contributed by atoms with van der Waals surface area (Å²) in [4.78, 5) is 38.4. The highest BCUT2D eigenvalue weighted by Gasteiger charge is 2.33. The van der Waals surface area contributed by atoms with E-state index in [0.29, 0.717) is 17.0 Å². The van der Waals surface area contributed by atoms with Gasteiger partial charge in [0.2, 0.25) is 6.10 Å². The number of ether oxygens (including phenoxy) is 2. The Hall–Kier alpha value is -3.35. The molecule has 0 unspecified atom stereocenters. The van der Waals surface area contributed by atoms with Crippen molar-refractivity contribution in [1.29, 1.82) is 0 Å². The fraction of sp³-hybridized carbons (Fsp3) is 0.250. The molecule has 0 aromatic heterocycles. The lowest BCUT2D eigenvalue weighted by Crippen LogP contribution is -2.39. The van der Waals surface area contributed by atoms with Gasteiger partial charge in [0.05, 0.1) is 12.1 Å². The minimum Gasteiger partial charge on any atom is -0.478 e. The van der Waals surface area contributed by atoms with Gasteiger partial charge in [-0.3, -0.25) is 14.4 Å². The summed E-state index contributed by atoms with van der Waals surface area (Å²) in [6.45, 7) is 0. The van der Waals surface area contributed by atoms with Crippen molar-refractivity contribution in [3.8, 4) is 5.75 Å². The standard InChI is InChI=1S/C20H20N2O5/c1-22(2)20(25)18(13-8-4-3-5-9-13)27-17(23)12-16-19(24)21-14-10-6-7-11-15(14)26-16/h3-11,16,18H,12H2,1-2H3,(H,21,24)/t16-,18-/m0/s1. The number of fused-ring (bicyclic) bond motifs is 1. The van der Waals surface area contributed by atoms with E-state index < -0.39 is 24.1 Å². The molecule has 0 spiro atoms. The molecular weight excluding hydrogens is 348 g/mol. The zero-order chi connectivity index (χ0) is 19.4. The van der Waals surface area contributed by atoms with Gasteiger partial charge in [0.1, 0.15) is 5.75 Å². The van der Waals surface area contributed by atoms with Gasteiger partial charge in [0, 0.05) is 19.7 Å². The fourth-order valence-electron chi connectivity index (χ4n) is 2.68. The van der Waals surface area contributed by atoms with Gasteiger partial charge in [-0.2, -0.15) is 0 Å². The van der Waals surface area contributed by atoms with Crippen LogP contribution in [0.4, 0.5) is 5.69 Å². The SMILES string of the molecule is CN(C)C(=O)[C@@H](OC(=O)C[C@@H]1Oc2ccccc2NC1=O)c1ccccc1. The molecule has 2 aromatic rings. The number of benzene rings is 2. The van der Waals surface area contributed by atoms with E-state index in [0.717, 1.165) is 0 Å². The normalized spacial score (nSPS) is 16.4. The van der Waals surface area contributed by atoms with E-state index in [-0.39, 0.29) is 12.3 Å². The van der Waals surface area contributed by atoms with Crippen molar-refractivity contribution in [2.45, 2.75) is 18.6 Å². The van der Waals surface area contributed by atoms with Crippen molar-refractivity contribution in [1.82, 2.24) is 4.90 Å². The van der Waals surface area contributed by atoms with E-state index in [9.17, 15) is 14.4 Å². The van der Waals surface area contributed by atoms with Crippen LogP contribution in [0.25, 0.3) is 0 Å². The molecule has 0 saturated carbocycles. The quantitative estimate of drug-likeness (QED) is 0.818. The van der Waals surface area contributed by atoms with E-state index in [1.807, 2.05) is 0 Å². The summed E-state index contributed by atoms with van der Waals surface area (Å²) < 4.78 is 11.0. The first-order chi connectivity index (χ1) is 13.0. The summed E-state index contributed by atoms with van der Waals surface area (Å²) in [7, 11) is 3.17. The fourth-order valence-corrected chi connectivity index (χ4v) is 2.68. The number of rotatable bonds is 5. The summed E-state index contributed by atoms with van der Waals surface area (Å²) >= 11 is 0. The zero-order valence-electron chi connectivity index (χ0n) is 15.0. The van der Waals surface area contributed by atoms with Crippen molar-refractivity contribution >= 4 is 23.5 Å². The minimum absolute atomic E-state index is 0.301. The van der Waals surface area contributed by atoms with E-state index in [2.05, 4.69) is 5.32 Å². The number of nitrogens with zero attached hydrogens (tertiary/aromatic N) is 1. The van der Waals surface area contributed by atoms with Gasteiger partial charge < -0.3 is 19.7 Å². The number of hydrogen-bond donors (Lipinski definition) is 1. The van der Waals surface area contributed by atoms with Crippen LogP contribution in [0.2, 0.25) is 0 Å². The summed E-state index contributed by atoms with van der Waals surface area (Å²) in [6, 6.07) is 15.7. The number of amides is 2. The van der Waals surface area contributed by atoms with Crippen LogP contribution in [-0.2, 0) is 19.1 Å². The summed E-state index contributed by atoms with van der Waals surface area (Å²) in [5.74, 6) is -1.01. The Morgan fingerprint density at radius 3 is 2.48 bits per heavy atom. The second-order valence-electron chi connectivity index (χ2n) is 6.31. The van der Waals surface area contributed by atoms with Crippen LogP contribution < -0.4 is 10.1 Å². The largest absolute Gasteiger partial charge is 0.478 e. The zero-order valence-corrected chi connectivity index (χ0v) is 15.0. The molecule has 2 atom stereocenters. The van der Waals surface area contributed by atoms with Crippen LogP contribution in [0, 0.1) is 0 Å². The molecule has 0 radical (unpaired) electrons. The molecule has 27 heavy (non-hydrogen) atoms. The topological polar surface area (TPSA) is 84.9 Å². The Morgan fingerprint density at radius 1 is 1.11 bits per heavy atom. The van der Waals surface area contributed by atoms with Crippen LogP contribution >= 0.6 is 0 Å². The van der Waals surface area contributed by atoms with Gasteiger partial charge in [-0.25, -0.2) is 0 Å². The molecule has 1 N–H and O–H groups in total. The first-order valence-electron chi connectivity index (χ1n) is 8.48. The monoisotopic (exact) mass is 368 g/mol. The molecule has 0 saturated heterocycles. The number of esters is 1. The molecule has 0 bridgehead atoms. The summed E-state index contributed by atoms with van der Waals surface area (Å²) in [6.07, 6.45) is -2.39. The molecule has 2 aromatic carbocycles. The van der Waals surface area contributed by atoms with Gasteiger partial charge in [0.15, 0.2) is 6.10 Å². The Labute approximate surface area is 156 Å². The number of likely N-dealkylation sites (N-methyl/N-ethyl adjacent to an activating group) is 1. The predicted molar refractivity (Wildman–Crippen MR) is 98.1 cm³/mol. The van der Waals surface area contributed by atoms with Crippen molar-refractivity contribution in [3.63, 3.8) is 0 Å². The maximum atomic E-state index is 12.4. The number of carbonyl (C=O) groups is 3. The van der Waals surface area contributed by atoms with Gasteiger partial charge >= 0.3 is 5.97 Å². The predicted octanol–water partition coefficient (Wildman–Crippen LogP) is 2.15. The molecule has 1 aliphatic rings. The van der Waals surface area contributed by atoms with Crippen molar-refractivity contribution in [2.75, 3.05) is 19.4 Å². The van der Waals surface area contributed by atoms with E-state index in [1.165, 1.54) is 4.90 Å². The highest BCUT2D eigenvalue weighted by Crippen LogP contribution is 2.30. The minimum atomic E-state index is -1.08. The van der Waals surface area contributed by atoms with Crippen LogP contribution in [0.3, 0.4) is 0 Å². The van der Waals surface area contributed by atoms with Gasteiger partial charge in [0.25, 0.3) is 11.8 Å². The first-order valence-corrected chi connectivity index (χ1v) is 8.48. The maximum absolute atomic E-state index is 12.4. The molecule has 7 nitrogen and oxygen atoms in total. The van der Waals surface area contributed by atoms with Crippen molar-refractivity contribution in [3.05, 3.63) is 60.2 Å². The highest BCUT2D eigenvalue weighted by atomic mass is 16.6. The summed E-state index contributed by atoms with van der Waals surface area (Å²) in [5, 5.41) is 2.69. The molecule has 2 amide bonds. The first kappa shape index (κ1) is 18.4. The second kappa shape index (κ2) is 7.90. The van der Waals surface area contributed by atoms with E-state index >= 15 is 0 Å². The Kier molecular flexibility index (Phi) is 5.40. The lowest BCUT2D eigenvalue weighted by atomic mass is 10.1. The Balaban J connectivity index is 1.71. The van der Waals surface area contributed by atoms with Crippen LogP contribution in [0.5, 0.6) is 5.75 Å². The number of carbonyl (C=O) groups excluding carboxylic acids is 3. The van der Waals surface area contributed by atoms with Gasteiger partial charge in [-0.1, -0.05) is 42.5 Å². The molecule has 1 heterocycles. The third-order valence-electron chi connectivity index (χ3n) is 4.08.